The number of hydrogen-bond acceptors (Lipinski definition) is 4. The van der Waals surface area contributed by atoms with Gasteiger partial charge in [0.05, 0.1) is 0 Å². The molecule has 3 rings (SSSR count). The minimum Gasteiger partial charge on any atom is -0.301 e. The molecule has 112 valence electrons. The van der Waals surface area contributed by atoms with E-state index in [0.29, 0.717) is 12.5 Å². The first kappa shape index (κ1) is 14.5. The van der Waals surface area contributed by atoms with Gasteiger partial charge >= 0.3 is 0 Å². The number of halogens is 1. The SMILES string of the molecule is CCCn1c(C2CC2c2ccccc2)nnc1S(=O)(=O)Cl. The van der Waals surface area contributed by atoms with Crippen molar-refractivity contribution in [3.63, 3.8) is 0 Å². The summed E-state index contributed by atoms with van der Waals surface area (Å²) in [5, 5.41) is 7.74. The van der Waals surface area contributed by atoms with Crippen molar-refractivity contribution in [1.29, 1.82) is 0 Å². The summed E-state index contributed by atoms with van der Waals surface area (Å²) in [7, 11) is 1.58. The van der Waals surface area contributed by atoms with Crippen molar-refractivity contribution < 1.29 is 8.42 Å². The number of rotatable bonds is 5. The molecule has 0 radical (unpaired) electrons. The minimum absolute atomic E-state index is 0.139. The molecule has 1 heterocycles. The summed E-state index contributed by atoms with van der Waals surface area (Å²) in [6.45, 7) is 2.54. The Kier molecular flexibility index (Phi) is 3.75. The number of benzene rings is 1. The van der Waals surface area contributed by atoms with Gasteiger partial charge in [0.1, 0.15) is 5.82 Å². The summed E-state index contributed by atoms with van der Waals surface area (Å²) in [6, 6.07) is 10.2. The van der Waals surface area contributed by atoms with Gasteiger partial charge in [0.15, 0.2) is 0 Å². The molecule has 5 nitrogen and oxygen atoms in total. The second-order valence-electron chi connectivity index (χ2n) is 5.29. The van der Waals surface area contributed by atoms with Gasteiger partial charge in [0, 0.05) is 23.1 Å². The summed E-state index contributed by atoms with van der Waals surface area (Å²) in [5.74, 6) is 1.33. The first-order valence-electron chi connectivity index (χ1n) is 6.95. The molecular formula is C14H16ClN3O2S. The summed E-state index contributed by atoms with van der Waals surface area (Å²) >= 11 is 0. The van der Waals surface area contributed by atoms with E-state index in [1.54, 1.807) is 4.57 Å². The molecule has 1 saturated carbocycles. The fourth-order valence-corrected chi connectivity index (χ4v) is 3.67. The van der Waals surface area contributed by atoms with E-state index < -0.39 is 9.05 Å². The van der Waals surface area contributed by atoms with Gasteiger partial charge in [0.2, 0.25) is 0 Å². The third-order valence-electron chi connectivity index (χ3n) is 3.76. The van der Waals surface area contributed by atoms with Crippen LogP contribution in [0.5, 0.6) is 0 Å². The molecule has 2 unspecified atom stereocenters. The van der Waals surface area contributed by atoms with Crippen molar-refractivity contribution in [2.45, 2.75) is 43.3 Å². The number of nitrogens with zero attached hydrogens (tertiary/aromatic N) is 3. The molecule has 0 spiro atoms. The van der Waals surface area contributed by atoms with Crippen LogP contribution in [0.25, 0.3) is 0 Å². The zero-order valence-corrected chi connectivity index (χ0v) is 13.2. The maximum atomic E-state index is 11.6. The van der Waals surface area contributed by atoms with Crippen LogP contribution in [0.4, 0.5) is 0 Å². The second kappa shape index (κ2) is 5.42. The van der Waals surface area contributed by atoms with Crippen molar-refractivity contribution in [3.8, 4) is 0 Å². The molecule has 21 heavy (non-hydrogen) atoms. The molecule has 0 bridgehead atoms. The van der Waals surface area contributed by atoms with E-state index in [9.17, 15) is 8.42 Å². The van der Waals surface area contributed by atoms with Crippen molar-refractivity contribution in [2.75, 3.05) is 0 Å². The number of hydrogen-bond donors (Lipinski definition) is 0. The predicted octanol–water partition coefficient (Wildman–Crippen LogP) is 2.89. The zero-order chi connectivity index (χ0) is 15.0. The highest BCUT2D eigenvalue weighted by molar-refractivity contribution is 8.13. The Bertz CT molecular complexity index is 743. The van der Waals surface area contributed by atoms with E-state index >= 15 is 0 Å². The molecule has 0 saturated heterocycles. The van der Waals surface area contributed by atoms with Gasteiger partial charge in [-0.1, -0.05) is 37.3 Å². The first-order chi connectivity index (χ1) is 10.0. The summed E-state index contributed by atoms with van der Waals surface area (Å²) in [4.78, 5) is 0. The van der Waals surface area contributed by atoms with Crippen LogP contribution in [0, 0.1) is 0 Å². The number of aromatic nitrogens is 3. The topological polar surface area (TPSA) is 64.8 Å². The fourth-order valence-electron chi connectivity index (χ4n) is 2.74. The Morgan fingerprint density at radius 3 is 2.57 bits per heavy atom. The monoisotopic (exact) mass is 325 g/mol. The minimum atomic E-state index is -3.86. The van der Waals surface area contributed by atoms with Crippen molar-refractivity contribution in [1.82, 2.24) is 14.8 Å². The van der Waals surface area contributed by atoms with Crippen molar-refractivity contribution >= 4 is 19.7 Å². The van der Waals surface area contributed by atoms with Crippen molar-refractivity contribution in [2.24, 2.45) is 0 Å². The molecule has 2 atom stereocenters. The summed E-state index contributed by atoms with van der Waals surface area (Å²) < 4.78 is 24.8. The molecule has 7 heteroatoms. The van der Waals surface area contributed by atoms with E-state index in [2.05, 4.69) is 22.3 Å². The van der Waals surface area contributed by atoms with Gasteiger partial charge in [-0.05, 0) is 24.3 Å². The zero-order valence-electron chi connectivity index (χ0n) is 11.6. The van der Waals surface area contributed by atoms with Gasteiger partial charge in [0.25, 0.3) is 14.2 Å². The van der Waals surface area contributed by atoms with Crippen LogP contribution in [0.15, 0.2) is 35.5 Å². The van der Waals surface area contributed by atoms with E-state index in [1.807, 2.05) is 25.1 Å². The van der Waals surface area contributed by atoms with Crippen LogP contribution >= 0.6 is 10.7 Å². The average molecular weight is 326 g/mol. The fraction of sp³-hybridized carbons (Fsp3) is 0.429. The molecule has 1 aliphatic carbocycles. The molecule has 1 aromatic carbocycles. The highest BCUT2D eigenvalue weighted by atomic mass is 35.7. The van der Waals surface area contributed by atoms with Gasteiger partial charge < -0.3 is 4.57 Å². The van der Waals surface area contributed by atoms with E-state index in [1.165, 1.54) is 5.56 Å². The molecular weight excluding hydrogens is 310 g/mol. The molecule has 0 N–H and O–H groups in total. The molecule has 1 fully saturated rings. The first-order valence-corrected chi connectivity index (χ1v) is 9.26. The highest BCUT2D eigenvalue weighted by Crippen LogP contribution is 2.54. The Morgan fingerprint density at radius 2 is 1.95 bits per heavy atom. The van der Waals surface area contributed by atoms with Crippen LogP contribution in [0.2, 0.25) is 0 Å². The van der Waals surface area contributed by atoms with E-state index in [4.69, 9.17) is 10.7 Å². The van der Waals surface area contributed by atoms with E-state index in [-0.39, 0.29) is 11.1 Å². The smallest absolute Gasteiger partial charge is 0.296 e. The average Bonchev–Trinajstić information content (AvgIpc) is 3.13. The van der Waals surface area contributed by atoms with Gasteiger partial charge in [-0.15, -0.1) is 10.2 Å². The summed E-state index contributed by atoms with van der Waals surface area (Å²) in [5.41, 5.74) is 1.25. The van der Waals surface area contributed by atoms with Crippen LogP contribution in [-0.4, -0.2) is 23.2 Å². The predicted molar refractivity (Wildman–Crippen MR) is 79.9 cm³/mol. The Labute approximate surface area is 128 Å². The highest BCUT2D eigenvalue weighted by Gasteiger charge is 2.43. The van der Waals surface area contributed by atoms with Gasteiger partial charge in [-0.25, -0.2) is 8.42 Å². The largest absolute Gasteiger partial charge is 0.301 e. The quantitative estimate of drug-likeness (QED) is 0.793. The van der Waals surface area contributed by atoms with Gasteiger partial charge in [-0.3, -0.25) is 0 Å². The Morgan fingerprint density at radius 1 is 1.24 bits per heavy atom. The maximum Gasteiger partial charge on any atom is 0.296 e. The van der Waals surface area contributed by atoms with Crippen LogP contribution < -0.4 is 0 Å². The Hall–Kier alpha value is -1.40. The molecule has 1 aliphatic rings. The molecule has 0 aliphatic heterocycles. The lowest BCUT2D eigenvalue weighted by atomic mass is 10.1. The standard InChI is InChI=1S/C14H16ClN3O2S/c1-2-8-18-13(16-17-14(18)21(15,19)20)12-9-11(12)10-6-4-3-5-7-10/h3-7,11-12H,2,8-9H2,1H3. The molecule has 1 aromatic heterocycles. The lowest BCUT2D eigenvalue weighted by Gasteiger charge is -2.07. The third kappa shape index (κ3) is 2.82. The lowest BCUT2D eigenvalue weighted by Crippen LogP contribution is -2.09. The molecule has 2 aromatic rings. The Balaban J connectivity index is 1.92. The van der Waals surface area contributed by atoms with E-state index in [0.717, 1.165) is 18.7 Å². The van der Waals surface area contributed by atoms with Crippen LogP contribution in [0.3, 0.4) is 0 Å². The van der Waals surface area contributed by atoms with Crippen LogP contribution in [-0.2, 0) is 15.6 Å². The molecule has 0 amide bonds. The van der Waals surface area contributed by atoms with Crippen molar-refractivity contribution in [3.05, 3.63) is 41.7 Å². The lowest BCUT2D eigenvalue weighted by molar-refractivity contribution is 0.555. The third-order valence-corrected chi connectivity index (χ3v) is 4.91. The summed E-state index contributed by atoms with van der Waals surface area (Å²) in [6.07, 6.45) is 1.77. The van der Waals surface area contributed by atoms with Gasteiger partial charge in [-0.2, -0.15) is 0 Å². The second-order valence-corrected chi connectivity index (χ2v) is 7.75. The maximum absolute atomic E-state index is 11.6. The van der Waals surface area contributed by atoms with Crippen LogP contribution in [0.1, 0.15) is 43.0 Å². The normalized spacial score (nSPS) is 21.4.